The zero-order chi connectivity index (χ0) is 30.1. The number of likely N-dealkylation sites (tertiary alicyclic amines) is 2. The minimum Gasteiger partial charge on any atom is -0.481 e. The van der Waals surface area contributed by atoms with Crippen LogP contribution in [0.15, 0.2) is 47.2 Å². The molecule has 4 rings (SSSR count). The number of pyridine rings is 1. The summed E-state index contributed by atoms with van der Waals surface area (Å²) in [4.78, 5) is 39.1. The number of halogens is 6. The van der Waals surface area contributed by atoms with Crippen molar-refractivity contribution in [3.8, 4) is 0 Å². The molecule has 2 aliphatic rings. The number of aromatic nitrogens is 1. The zero-order valence-corrected chi connectivity index (χ0v) is 20.9. The fourth-order valence-corrected chi connectivity index (χ4v) is 4.57. The van der Waals surface area contributed by atoms with E-state index in [-0.39, 0.29) is 5.92 Å². The Balaban J connectivity index is 0.000000333. The van der Waals surface area contributed by atoms with Crippen LogP contribution in [0.4, 0.5) is 26.3 Å². The van der Waals surface area contributed by atoms with Crippen LogP contribution in [0.2, 0.25) is 0 Å². The summed E-state index contributed by atoms with van der Waals surface area (Å²) in [6, 6.07) is 9.79. The molecule has 0 bridgehead atoms. The number of furan rings is 1. The fourth-order valence-electron chi connectivity index (χ4n) is 4.57. The first kappa shape index (κ1) is 32.6. The molecule has 2 aromatic heterocycles. The number of carbonyl (C=O) groups is 3. The van der Waals surface area contributed by atoms with Crippen LogP contribution in [0, 0.1) is 11.3 Å². The van der Waals surface area contributed by atoms with Gasteiger partial charge in [0.1, 0.15) is 5.76 Å². The van der Waals surface area contributed by atoms with Crippen LogP contribution in [0.25, 0.3) is 0 Å². The standard InChI is InChI=1S/C20H25N3O3.2C2HF3O2/c24-19(25)20-7-4-9-22(13-17-5-1-2-8-21-17)11-16(20)12-23(15-20)14-18-6-3-10-26-18;2*3-2(4,5)1(6)7/h1-3,5-6,8,10,16H,4,7,9,11-15H2,(H,24,25);2*(H,6,7)/t16-,20-;;/m0../s1. The number of hydrogen-bond donors (Lipinski definition) is 3. The lowest BCUT2D eigenvalue weighted by Crippen LogP contribution is -2.41. The van der Waals surface area contributed by atoms with Crippen molar-refractivity contribution < 1.29 is 60.5 Å². The van der Waals surface area contributed by atoms with E-state index in [0.717, 1.165) is 50.5 Å². The van der Waals surface area contributed by atoms with Gasteiger partial charge in [-0.25, -0.2) is 9.59 Å². The maximum Gasteiger partial charge on any atom is 0.490 e. The molecule has 2 saturated heterocycles. The van der Waals surface area contributed by atoms with Gasteiger partial charge in [-0.05, 0) is 43.7 Å². The second-order valence-electron chi connectivity index (χ2n) is 9.17. The van der Waals surface area contributed by atoms with E-state index in [2.05, 4.69) is 14.8 Å². The number of aliphatic carboxylic acids is 3. The number of rotatable bonds is 5. The highest BCUT2D eigenvalue weighted by atomic mass is 19.4. The lowest BCUT2D eigenvalue weighted by Gasteiger charge is -2.29. The van der Waals surface area contributed by atoms with Gasteiger partial charge in [-0.3, -0.25) is 19.6 Å². The van der Waals surface area contributed by atoms with Crippen molar-refractivity contribution in [2.45, 2.75) is 38.3 Å². The maximum atomic E-state index is 12.2. The van der Waals surface area contributed by atoms with E-state index in [1.54, 1.807) is 6.26 Å². The molecular formula is C24H27F6N3O7. The number of nitrogens with zero attached hydrogens (tertiary/aromatic N) is 3. The highest BCUT2D eigenvalue weighted by molar-refractivity contribution is 5.76. The van der Waals surface area contributed by atoms with E-state index in [1.165, 1.54) is 0 Å². The molecule has 0 aromatic carbocycles. The zero-order valence-electron chi connectivity index (χ0n) is 20.9. The highest BCUT2D eigenvalue weighted by Gasteiger charge is 2.53. The third-order valence-electron chi connectivity index (χ3n) is 6.32. The molecule has 0 spiro atoms. The van der Waals surface area contributed by atoms with Crippen molar-refractivity contribution in [1.82, 2.24) is 14.8 Å². The summed E-state index contributed by atoms with van der Waals surface area (Å²) < 4.78 is 68.9. The van der Waals surface area contributed by atoms with Crippen LogP contribution in [0.3, 0.4) is 0 Å². The molecule has 3 N–H and O–H groups in total. The topological polar surface area (TPSA) is 144 Å². The van der Waals surface area contributed by atoms with Gasteiger partial charge in [0.2, 0.25) is 0 Å². The molecule has 0 saturated carbocycles. The second-order valence-corrected chi connectivity index (χ2v) is 9.17. The first-order chi connectivity index (χ1) is 18.5. The van der Waals surface area contributed by atoms with Gasteiger partial charge in [0, 0.05) is 38.3 Å². The molecule has 10 nitrogen and oxygen atoms in total. The Morgan fingerprint density at radius 2 is 1.52 bits per heavy atom. The smallest absolute Gasteiger partial charge is 0.481 e. The Kier molecular flexibility index (Phi) is 11.1. The van der Waals surface area contributed by atoms with Crippen molar-refractivity contribution in [1.29, 1.82) is 0 Å². The van der Waals surface area contributed by atoms with E-state index in [1.807, 2.05) is 36.5 Å². The van der Waals surface area contributed by atoms with E-state index in [0.29, 0.717) is 13.1 Å². The van der Waals surface area contributed by atoms with Gasteiger partial charge in [0.25, 0.3) is 0 Å². The first-order valence-corrected chi connectivity index (χ1v) is 11.7. The molecule has 2 fully saturated rings. The summed E-state index contributed by atoms with van der Waals surface area (Å²) in [5.41, 5.74) is 0.395. The summed E-state index contributed by atoms with van der Waals surface area (Å²) in [5, 5.41) is 24.3. The van der Waals surface area contributed by atoms with Crippen LogP contribution in [0.1, 0.15) is 24.3 Å². The van der Waals surface area contributed by atoms with Crippen molar-refractivity contribution >= 4 is 17.9 Å². The van der Waals surface area contributed by atoms with Crippen LogP contribution in [-0.4, -0.2) is 86.5 Å². The van der Waals surface area contributed by atoms with Gasteiger partial charge in [-0.2, -0.15) is 26.3 Å². The van der Waals surface area contributed by atoms with Gasteiger partial charge < -0.3 is 19.7 Å². The average Bonchev–Trinajstić information content (AvgIpc) is 3.44. The molecule has 0 aliphatic carbocycles. The Morgan fingerprint density at radius 3 is 2.00 bits per heavy atom. The molecule has 0 amide bonds. The third kappa shape index (κ3) is 9.51. The Morgan fingerprint density at radius 1 is 0.925 bits per heavy atom. The molecule has 2 aliphatic heterocycles. The van der Waals surface area contributed by atoms with E-state index >= 15 is 0 Å². The van der Waals surface area contributed by atoms with Gasteiger partial charge in [-0.15, -0.1) is 0 Å². The minimum absolute atomic E-state index is 0.126. The van der Waals surface area contributed by atoms with Crippen molar-refractivity contribution in [2.75, 3.05) is 26.2 Å². The first-order valence-electron chi connectivity index (χ1n) is 11.7. The van der Waals surface area contributed by atoms with Crippen molar-refractivity contribution in [3.05, 3.63) is 54.2 Å². The predicted octanol–water partition coefficient (Wildman–Crippen LogP) is 3.74. The number of alkyl halides is 6. The number of hydrogen-bond acceptors (Lipinski definition) is 7. The van der Waals surface area contributed by atoms with E-state index < -0.39 is 35.7 Å². The van der Waals surface area contributed by atoms with Gasteiger partial charge >= 0.3 is 30.3 Å². The molecule has 222 valence electrons. The molecule has 4 heterocycles. The summed E-state index contributed by atoms with van der Waals surface area (Å²) in [6.07, 6.45) is -5.04. The minimum atomic E-state index is -5.08. The molecule has 0 radical (unpaired) electrons. The lowest BCUT2D eigenvalue weighted by molar-refractivity contribution is -0.193. The SMILES string of the molecule is O=C(O)C(F)(F)F.O=C(O)C(F)(F)F.O=C(O)[C@]12CCCN(Cc3ccccn3)C[C@H]1CN(Cc1ccco1)C2. The van der Waals surface area contributed by atoms with Gasteiger partial charge in [-0.1, -0.05) is 6.07 Å². The van der Waals surface area contributed by atoms with Crippen LogP contribution in [0.5, 0.6) is 0 Å². The lowest BCUT2D eigenvalue weighted by atomic mass is 9.75. The monoisotopic (exact) mass is 583 g/mol. The average molecular weight is 583 g/mol. The molecular weight excluding hydrogens is 556 g/mol. The van der Waals surface area contributed by atoms with E-state index in [4.69, 9.17) is 24.2 Å². The van der Waals surface area contributed by atoms with Gasteiger partial charge in [0.15, 0.2) is 0 Å². The molecule has 2 atom stereocenters. The van der Waals surface area contributed by atoms with Crippen LogP contribution in [-0.2, 0) is 27.5 Å². The second kappa shape index (κ2) is 13.6. The number of fused-ring (bicyclic) bond motifs is 1. The molecule has 0 unspecified atom stereocenters. The normalized spacial score (nSPS) is 21.6. The van der Waals surface area contributed by atoms with Crippen LogP contribution < -0.4 is 0 Å². The number of carboxylic acid groups (broad SMARTS) is 3. The molecule has 16 heteroatoms. The number of carboxylic acids is 3. The summed E-state index contributed by atoms with van der Waals surface area (Å²) >= 11 is 0. The highest BCUT2D eigenvalue weighted by Crippen LogP contribution is 2.43. The summed E-state index contributed by atoms with van der Waals surface area (Å²) in [6.45, 7) is 4.60. The summed E-state index contributed by atoms with van der Waals surface area (Å²) in [7, 11) is 0. The molecule has 2 aromatic rings. The summed E-state index contributed by atoms with van der Waals surface area (Å²) in [5.74, 6) is -5.14. The predicted molar refractivity (Wildman–Crippen MR) is 124 cm³/mol. The fraction of sp³-hybridized carbons (Fsp3) is 0.500. The third-order valence-corrected chi connectivity index (χ3v) is 6.32. The Bertz CT molecular complexity index is 1090. The van der Waals surface area contributed by atoms with Crippen molar-refractivity contribution in [3.63, 3.8) is 0 Å². The van der Waals surface area contributed by atoms with Crippen molar-refractivity contribution in [2.24, 2.45) is 11.3 Å². The molecule has 40 heavy (non-hydrogen) atoms. The maximum absolute atomic E-state index is 12.2. The largest absolute Gasteiger partial charge is 0.490 e. The Labute approximate surface area is 223 Å². The Hall–Kier alpha value is -3.66. The quantitative estimate of drug-likeness (QED) is 0.445. The van der Waals surface area contributed by atoms with Crippen LogP contribution >= 0.6 is 0 Å². The van der Waals surface area contributed by atoms with E-state index in [9.17, 15) is 36.2 Å². The van der Waals surface area contributed by atoms with Gasteiger partial charge in [0.05, 0.1) is 23.9 Å².